The van der Waals surface area contributed by atoms with Crippen molar-refractivity contribution in [1.29, 1.82) is 0 Å². The third-order valence-electron chi connectivity index (χ3n) is 6.44. The predicted molar refractivity (Wildman–Crippen MR) is 159 cm³/mol. The van der Waals surface area contributed by atoms with E-state index in [9.17, 15) is 4.79 Å². The van der Waals surface area contributed by atoms with E-state index in [2.05, 4.69) is 25.9 Å². The van der Waals surface area contributed by atoms with E-state index in [0.717, 1.165) is 25.1 Å². The van der Waals surface area contributed by atoms with Gasteiger partial charge in [0.1, 0.15) is 18.1 Å². The number of fused-ring (bicyclic) bond motifs is 1. The predicted octanol–water partition coefficient (Wildman–Crippen LogP) is 5.83. The molecule has 40 heavy (non-hydrogen) atoms. The number of anilines is 4. The topological polar surface area (TPSA) is 123 Å². The molecule has 3 heterocycles. The summed E-state index contributed by atoms with van der Waals surface area (Å²) >= 11 is 6.53. The second-order valence-corrected chi connectivity index (χ2v) is 9.73. The highest BCUT2D eigenvalue weighted by Gasteiger charge is 2.16. The van der Waals surface area contributed by atoms with Gasteiger partial charge in [-0.3, -0.25) is 14.8 Å². The van der Waals surface area contributed by atoms with E-state index in [1.807, 2.05) is 43.3 Å². The van der Waals surface area contributed by atoms with Crippen molar-refractivity contribution in [3.63, 3.8) is 0 Å². The van der Waals surface area contributed by atoms with Gasteiger partial charge in [-0.1, -0.05) is 23.7 Å². The molecule has 0 bridgehead atoms. The maximum Gasteiger partial charge on any atom is 0.248 e. The van der Waals surface area contributed by atoms with Crippen LogP contribution in [0.4, 0.5) is 22.7 Å². The number of ether oxygens (including phenoxy) is 2. The van der Waals surface area contributed by atoms with Crippen molar-refractivity contribution in [3.8, 4) is 11.5 Å². The molecular formula is C30H31ClN6O3. The van der Waals surface area contributed by atoms with Crippen LogP contribution in [-0.4, -0.2) is 35.1 Å². The van der Waals surface area contributed by atoms with Gasteiger partial charge < -0.3 is 31.2 Å². The van der Waals surface area contributed by atoms with Crippen LogP contribution in [0.1, 0.15) is 25.5 Å². The number of hydrogen-bond acceptors (Lipinski definition) is 8. The minimum absolute atomic E-state index is 0.215. The maximum absolute atomic E-state index is 12.8. The molecule has 10 heteroatoms. The summed E-state index contributed by atoms with van der Waals surface area (Å²) in [4.78, 5) is 21.5. The Morgan fingerprint density at radius 1 is 1.18 bits per heavy atom. The standard InChI is InChI=1S/C30H31ClN6O3/c1-2-39-28-16-25-22(15-26(28)37-29(38)11-9-19-7-5-13-33-19)30(24(32)17-35-25)36-20-8-10-27(23(31)14-20)40-18-21-6-3-4-12-34-21/h3-4,6,8-12,14-17,19,33H,2,5,7,13,18,32H2,1H3,(H,35,36)(H,37,38)/b11-9+. The van der Waals surface area contributed by atoms with Gasteiger partial charge in [0.25, 0.3) is 0 Å². The van der Waals surface area contributed by atoms with Crippen molar-refractivity contribution in [3.05, 3.63) is 83.8 Å². The molecule has 1 amide bonds. The van der Waals surface area contributed by atoms with Crippen LogP contribution in [-0.2, 0) is 11.4 Å². The molecule has 9 nitrogen and oxygen atoms in total. The van der Waals surface area contributed by atoms with E-state index in [4.69, 9.17) is 26.8 Å². The number of nitrogens with two attached hydrogens (primary N) is 1. The molecule has 1 aliphatic rings. The highest BCUT2D eigenvalue weighted by molar-refractivity contribution is 6.32. The van der Waals surface area contributed by atoms with Gasteiger partial charge in [-0.2, -0.15) is 0 Å². The van der Waals surface area contributed by atoms with E-state index in [1.54, 1.807) is 36.7 Å². The summed E-state index contributed by atoms with van der Waals surface area (Å²) in [6.07, 6.45) is 8.87. The quantitative estimate of drug-likeness (QED) is 0.179. The average Bonchev–Trinajstić information content (AvgIpc) is 3.48. The SMILES string of the molecule is CCOc1cc2ncc(N)c(Nc3ccc(OCc4ccccn4)c(Cl)c3)c2cc1NC(=O)/C=C/C1CCCN1. The van der Waals surface area contributed by atoms with Crippen LogP contribution in [0.3, 0.4) is 0 Å². The zero-order chi connectivity index (χ0) is 27.9. The molecule has 206 valence electrons. The van der Waals surface area contributed by atoms with Gasteiger partial charge in [-0.25, -0.2) is 0 Å². The van der Waals surface area contributed by atoms with Crippen LogP contribution in [0.15, 0.2) is 73.1 Å². The number of amides is 1. The molecule has 5 rings (SSSR count). The number of carbonyl (C=O) groups is 1. The minimum Gasteiger partial charge on any atom is -0.492 e. The largest absolute Gasteiger partial charge is 0.492 e. The molecular weight excluding hydrogens is 528 g/mol. The summed E-state index contributed by atoms with van der Waals surface area (Å²) in [6.45, 7) is 3.59. The highest BCUT2D eigenvalue weighted by atomic mass is 35.5. The second kappa shape index (κ2) is 12.7. The van der Waals surface area contributed by atoms with Gasteiger partial charge in [0.2, 0.25) is 5.91 Å². The van der Waals surface area contributed by atoms with Gasteiger partial charge in [0.15, 0.2) is 0 Å². The number of nitrogen functional groups attached to an aromatic ring is 1. The molecule has 1 fully saturated rings. The van der Waals surface area contributed by atoms with Crippen molar-refractivity contribution < 1.29 is 14.3 Å². The lowest BCUT2D eigenvalue weighted by Gasteiger charge is -2.17. The molecule has 0 radical (unpaired) electrons. The summed E-state index contributed by atoms with van der Waals surface area (Å²) < 4.78 is 11.7. The first kappa shape index (κ1) is 27.2. The van der Waals surface area contributed by atoms with Crippen molar-refractivity contribution in [1.82, 2.24) is 15.3 Å². The van der Waals surface area contributed by atoms with Crippen molar-refractivity contribution >= 4 is 51.2 Å². The molecule has 0 aliphatic carbocycles. The monoisotopic (exact) mass is 558 g/mol. The summed E-state index contributed by atoms with van der Waals surface area (Å²) in [6, 6.07) is 14.9. The Balaban J connectivity index is 1.39. The van der Waals surface area contributed by atoms with Crippen LogP contribution in [0, 0.1) is 0 Å². The number of nitrogens with one attached hydrogen (secondary N) is 3. The summed E-state index contributed by atoms with van der Waals surface area (Å²) in [5, 5.41) is 10.8. The molecule has 4 aromatic rings. The van der Waals surface area contributed by atoms with E-state index < -0.39 is 0 Å². The molecule has 2 aromatic carbocycles. The molecule has 5 N–H and O–H groups in total. The number of carbonyl (C=O) groups excluding carboxylic acids is 1. The molecule has 1 unspecified atom stereocenters. The lowest BCUT2D eigenvalue weighted by atomic mass is 10.1. The smallest absolute Gasteiger partial charge is 0.248 e. The minimum atomic E-state index is -0.242. The zero-order valence-corrected chi connectivity index (χ0v) is 22.9. The first-order valence-corrected chi connectivity index (χ1v) is 13.5. The number of aromatic nitrogens is 2. The highest BCUT2D eigenvalue weighted by Crippen LogP contribution is 2.38. The van der Waals surface area contributed by atoms with Crippen LogP contribution in [0.2, 0.25) is 5.02 Å². The Bertz CT molecular complexity index is 1520. The van der Waals surface area contributed by atoms with Gasteiger partial charge in [-0.15, -0.1) is 0 Å². The Labute approximate surface area is 237 Å². The normalized spacial score (nSPS) is 14.9. The van der Waals surface area contributed by atoms with Gasteiger partial charge in [0.05, 0.1) is 46.1 Å². The average molecular weight is 559 g/mol. The van der Waals surface area contributed by atoms with Gasteiger partial charge >= 0.3 is 0 Å². The molecule has 1 saturated heterocycles. The van der Waals surface area contributed by atoms with Gasteiger partial charge in [0, 0.05) is 35.5 Å². The fourth-order valence-electron chi connectivity index (χ4n) is 4.48. The lowest BCUT2D eigenvalue weighted by Crippen LogP contribution is -2.19. The molecule has 1 atom stereocenters. The molecule has 2 aromatic heterocycles. The van der Waals surface area contributed by atoms with Crippen LogP contribution >= 0.6 is 11.6 Å². The van der Waals surface area contributed by atoms with E-state index in [1.165, 1.54) is 0 Å². The van der Waals surface area contributed by atoms with Crippen LogP contribution in [0.5, 0.6) is 11.5 Å². The first-order valence-electron chi connectivity index (χ1n) is 13.2. The van der Waals surface area contributed by atoms with E-state index in [-0.39, 0.29) is 11.9 Å². The van der Waals surface area contributed by atoms with Crippen LogP contribution < -0.4 is 31.2 Å². The van der Waals surface area contributed by atoms with Gasteiger partial charge in [-0.05, 0) is 62.7 Å². The maximum atomic E-state index is 12.8. The lowest BCUT2D eigenvalue weighted by molar-refractivity contribution is -0.111. The van der Waals surface area contributed by atoms with E-state index >= 15 is 0 Å². The number of rotatable bonds is 10. The summed E-state index contributed by atoms with van der Waals surface area (Å²) in [7, 11) is 0. The Morgan fingerprint density at radius 2 is 2.08 bits per heavy atom. The second-order valence-electron chi connectivity index (χ2n) is 9.32. The van der Waals surface area contributed by atoms with Crippen LogP contribution in [0.25, 0.3) is 10.9 Å². The Morgan fingerprint density at radius 3 is 2.83 bits per heavy atom. The van der Waals surface area contributed by atoms with E-state index in [0.29, 0.717) is 63.4 Å². The number of nitrogens with zero attached hydrogens (tertiary/aromatic N) is 2. The molecule has 1 aliphatic heterocycles. The third-order valence-corrected chi connectivity index (χ3v) is 6.73. The van der Waals surface area contributed by atoms with Crippen molar-refractivity contribution in [2.24, 2.45) is 0 Å². The first-order chi connectivity index (χ1) is 19.5. The van der Waals surface area contributed by atoms with Crippen molar-refractivity contribution in [2.45, 2.75) is 32.4 Å². The molecule has 0 saturated carbocycles. The summed E-state index contributed by atoms with van der Waals surface area (Å²) in [5.41, 5.74) is 10.1. The summed E-state index contributed by atoms with van der Waals surface area (Å²) in [5.74, 6) is 0.822. The van der Waals surface area contributed by atoms with Crippen molar-refractivity contribution in [2.75, 3.05) is 29.5 Å². The number of halogens is 1. The third kappa shape index (κ3) is 6.62. The number of benzene rings is 2. The number of hydrogen-bond donors (Lipinski definition) is 4. The molecule has 0 spiro atoms. The number of pyridine rings is 2. The zero-order valence-electron chi connectivity index (χ0n) is 22.1. The fraction of sp³-hybridized carbons (Fsp3) is 0.233. The fourth-order valence-corrected chi connectivity index (χ4v) is 4.71. The Kier molecular flexibility index (Phi) is 8.63. The Hall–Kier alpha value is -4.34.